The lowest BCUT2D eigenvalue weighted by Gasteiger charge is -1.99. The molecule has 0 aromatic carbocycles. The minimum absolute atomic E-state index is 0.152. The number of hydrogen-bond donors (Lipinski definition) is 1. The van der Waals surface area contributed by atoms with Crippen LogP contribution in [0.5, 0.6) is 0 Å². The Morgan fingerprint density at radius 3 is 2.71 bits per heavy atom. The summed E-state index contributed by atoms with van der Waals surface area (Å²) in [5, 5.41) is 2.75. The minimum atomic E-state index is -0.152. The highest BCUT2D eigenvalue weighted by Crippen LogP contribution is 2.22. The molecule has 0 spiro atoms. The summed E-state index contributed by atoms with van der Waals surface area (Å²) in [6.45, 7) is 0. The molecule has 2 aromatic heterocycles. The second-order valence-corrected chi connectivity index (χ2v) is 5.69. The summed E-state index contributed by atoms with van der Waals surface area (Å²) in [7, 11) is 0. The predicted molar refractivity (Wildman–Crippen MR) is 73.9 cm³/mol. The van der Waals surface area contributed by atoms with E-state index in [2.05, 4.69) is 26.2 Å². The summed E-state index contributed by atoms with van der Waals surface area (Å²) in [6.07, 6.45) is 6.57. The number of carbonyl (C=O) groups excluding carboxylic acids is 1. The Balaban J connectivity index is 1.96. The van der Waals surface area contributed by atoms with Gasteiger partial charge in [0.1, 0.15) is 0 Å². The summed E-state index contributed by atoms with van der Waals surface area (Å²) >= 11 is 4.95. The van der Waals surface area contributed by atoms with Gasteiger partial charge in [0.05, 0.1) is 3.79 Å². The van der Waals surface area contributed by atoms with Gasteiger partial charge in [0.2, 0.25) is 5.91 Å². The monoisotopic (exact) mass is 308 g/mol. The Bertz CT molecular complexity index is 536. The number of anilines is 1. The van der Waals surface area contributed by atoms with Crippen LogP contribution in [0.4, 0.5) is 5.69 Å². The van der Waals surface area contributed by atoms with Crippen molar-refractivity contribution in [3.63, 3.8) is 0 Å². The maximum Gasteiger partial charge on any atom is 0.248 e. The summed E-state index contributed by atoms with van der Waals surface area (Å²) in [4.78, 5) is 16.5. The topological polar surface area (TPSA) is 42.0 Å². The molecule has 0 atom stereocenters. The van der Waals surface area contributed by atoms with Gasteiger partial charge in [0.25, 0.3) is 0 Å². The third kappa shape index (κ3) is 3.80. The fraction of sp³-hybridized carbons (Fsp3) is 0. The maximum atomic E-state index is 11.6. The Morgan fingerprint density at radius 2 is 2.06 bits per heavy atom. The molecule has 0 unspecified atom stereocenters. The maximum absolute atomic E-state index is 11.6. The molecule has 17 heavy (non-hydrogen) atoms. The number of nitrogens with one attached hydrogen (secondary N) is 1. The molecule has 0 aliphatic heterocycles. The van der Waals surface area contributed by atoms with Gasteiger partial charge >= 0.3 is 0 Å². The molecule has 0 fully saturated rings. The number of carbonyl (C=O) groups is 1. The van der Waals surface area contributed by atoms with E-state index in [9.17, 15) is 4.79 Å². The fourth-order valence-electron chi connectivity index (χ4n) is 1.19. The third-order valence-electron chi connectivity index (χ3n) is 1.94. The predicted octanol–water partition coefficient (Wildman–Crippen LogP) is 3.56. The molecule has 0 radical (unpaired) electrons. The lowest BCUT2D eigenvalue weighted by Crippen LogP contribution is -2.07. The molecule has 5 heteroatoms. The number of halogens is 1. The Labute approximate surface area is 111 Å². The van der Waals surface area contributed by atoms with E-state index >= 15 is 0 Å². The van der Waals surface area contributed by atoms with E-state index in [1.165, 1.54) is 6.08 Å². The molecule has 2 rings (SSSR count). The van der Waals surface area contributed by atoms with E-state index in [0.29, 0.717) is 0 Å². The van der Waals surface area contributed by atoms with Crippen molar-refractivity contribution in [2.45, 2.75) is 0 Å². The first kappa shape index (κ1) is 12.0. The van der Waals surface area contributed by atoms with Crippen molar-refractivity contribution in [3.8, 4) is 0 Å². The van der Waals surface area contributed by atoms with Gasteiger partial charge in [0.15, 0.2) is 0 Å². The van der Waals surface area contributed by atoms with E-state index in [0.717, 1.165) is 14.4 Å². The largest absolute Gasteiger partial charge is 0.322 e. The number of amides is 1. The molecule has 86 valence electrons. The van der Waals surface area contributed by atoms with E-state index in [1.54, 1.807) is 41.9 Å². The van der Waals surface area contributed by atoms with Crippen LogP contribution in [0.25, 0.3) is 6.08 Å². The molecule has 1 N–H and O–H groups in total. The molecular weight excluding hydrogens is 300 g/mol. The Morgan fingerprint density at radius 1 is 1.29 bits per heavy atom. The lowest BCUT2D eigenvalue weighted by atomic mass is 10.3. The van der Waals surface area contributed by atoms with Crippen molar-refractivity contribution < 1.29 is 4.79 Å². The number of hydrogen-bond acceptors (Lipinski definition) is 3. The van der Waals surface area contributed by atoms with E-state index < -0.39 is 0 Å². The van der Waals surface area contributed by atoms with Crippen molar-refractivity contribution >= 4 is 44.9 Å². The highest BCUT2D eigenvalue weighted by molar-refractivity contribution is 9.11. The first-order chi connectivity index (χ1) is 8.24. The lowest BCUT2D eigenvalue weighted by molar-refractivity contribution is -0.111. The van der Waals surface area contributed by atoms with Gasteiger partial charge in [-0.3, -0.25) is 9.78 Å². The van der Waals surface area contributed by atoms with Crippen LogP contribution >= 0.6 is 27.3 Å². The quantitative estimate of drug-likeness (QED) is 0.881. The minimum Gasteiger partial charge on any atom is -0.322 e. The van der Waals surface area contributed by atoms with E-state index in [4.69, 9.17) is 0 Å². The van der Waals surface area contributed by atoms with Crippen LogP contribution in [-0.2, 0) is 4.79 Å². The SMILES string of the molecule is O=C(/C=C/c1ccc(Br)s1)Nc1ccncc1. The number of nitrogens with zero attached hydrogens (tertiary/aromatic N) is 1. The zero-order valence-corrected chi connectivity index (χ0v) is 11.2. The Hall–Kier alpha value is -1.46. The summed E-state index contributed by atoms with van der Waals surface area (Å²) in [5.41, 5.74) is 0.738. The van der Waals surface area contributed by atoms with Gasteiger partial charge < -0.3 is 5.32 Å². The van der Waals surface area contributed by atoms with Crippen LogP contribution in [0.1, 0.15) is 4.88 Å². The zero-order chi connectivity index (χ0) is 12.1. The molecule has 2 aromatic rings. The van der Waals surface area contributed by atoms with Gasteiger partial charge in [-0.05, 0) is 46.3 Å². The highest BCUT2D eigenvalue weighted by Gasteiger charge is 1.97. The smallest absolute Gasteiger partial charge is 0.248 e. The first-order valence-electron chi connectivity index (χ1n) is 4.88. The van der Waals surface area contributed by atoms with Crippen LogP contribution in [0, 0.1) is 0 Å². The van der Waals surface area contributed by atoms with Gasteiger partial charge in [-0.1, -0.05) is 0 Å². The average Bonchev–Trinajstić information content (AvgIpc) is 2.74. The second kappa shape index (κ2) is 5.75. The van der Waals surface area contributed by atoms with Crippen LogP contribution in [0.15, 0.2) is 46.5 Å². The van der Waals surface area contributed by atoms with E-state index in [1.807, 2.05) is 12.1 Å². The van der Waals surface area contributed by atoms with Crippen LogP contribution in [0.2, 0.25) is 0 Å². The van der Waals surface area contributed by atoms with Gasteiger partial charge in [0, 0.05) is 29.0 Å². The Kier molecular flexibility index (Phi) is 4.06. The summed E-state index contributed by atoms with van der Waals surface area (Å²) in [6, 6.07) is 7.39. The van der Waals surface area contributed by atoms with Gasteiger partial charge in [-0.25, -0.2) is 0 Å². The number of rotatable bonds is 3. The van der Waals surface area contributed by atoms with Crippen molar-refractivity contribution in [2.75, 3.05) is 5.32 Å². The number of aromatic nitrogens is 1. The molecule has 0 aliphatic carbocycles. The van der Waals surface area contributed by atoms with Crippen molar-refractivity contribution in [1.29, 1.82) is 0 Å². The van der Waals surface area contributed by atoms with E-state index in [-0.39, 0.29) is 5.91 Å². The molecule has 0 saturated carbocycles. The first-order valence-corrected chi connectivity index (χ1v) is 6.49. The number of thiophene rings is 1. The second-order valence-electron chi connectivity index (χ2n) is 3.20. The van der Waals surface area contributed by atoms with Crippen LogP contribution < -0.4 is 5.32 Å². The van der Waals surface area contributed by atoms with Crippen LogP contribution in [-0.4, -0.2) is 10.9 Å². The van der Waals surface area contributed by atoms with Crippen molar-refractivity contribution in [1.82, 2.24) is 4.98 Å². The van der Waals surface area contributed by atoms with Gasteiger partial charge in [-0.15, -0.1) is 11.3 Å². The molecule has 0 aliphatic rings. The molecule has 0 saturated heterocycles. The molecule has 1 amide bonds. The zero-order valence-electron chi connectivity index (χ0n) is 8.76. The third-order valence-corrected chi connectivity index (χ3v) is 3.53. The van der Waals surface area contributed by atoms with Crippen molar-refractivity contribution in [2.24, 2.45) is 0 Å². The molecule has 2 heterocycles. The molecule has 3 nitrogen and oxygen atoms in total. The summed E-state index contributed by atoms with van der Waals surface area (Å²) in [5.74, 6) is -0.152. The highest BCUT2D eigenvalue weighted by atomic mass is 79.9. The fourth-order valence-corrected chi connectivity index (χ4v) is 2.52. The molecule has 0 bridgehead atoms. The average molecular weight is 309 g/mol. The number of pyridine rings is 1. The molecular formula is C12H9BrN2OS. The standard InChI is InChI=1S/C12H9BrN2OS/c13-11-3-1-10(17-11)2-4-12(16)15-9-5-7-14-8-6-9/h1-8H,(H,14,15,16)/b4-2+. The van der Waals surface area contributed by atoms with Crippen LogP contribution in [0.3, 0.4) is 0 Å². The van der Waals surface area contributed by atoms with Gasteiger partial charge in [-0.2, -0.15) is 0 Å². The van der Waals surface area contributed by atoms with Crippen molar-refractivity contribution in [3.05, 3.63) is 51.4 Å². The summed E-state index contributed by atoms with van der Waals surface area (Å²) < 4.78 is 1.05. The normalized spacial score (nSPS) is 10.6.